The average molecular weight is 418 g/mol. The Morgan fingerprint density at radius 3 is 2.69 bits per heavy atom. The summed E-state index contributed by atoms with van der Waals surface area (Å²) in [4.78, 5) is 40.9. The lowest BCUT2D eigenvalue weighted by atomic mass is 10.2. The molecule has 0 bridgehead atoms. The third-order valence-corrected chi connectivity index (χ3v) is 4.20. The maximum Gasteiger partial charge on any atom is 0.329 e. The minimum atomic E-state index is -0.586. The van der Waals surface area contributed by atoms with E-state index in [-0.39, 0.29) is 29.3 Å². The molecule has 0 aliphatic rings. The van der Waals surface area contributed by atoms with Crippen LogP contribution in [0.4, 0.5) is 11.6 Å². The van der Waals surface area contributed by atoms with Gasteiger partial charge in [0.15, 0.2) is 11.2 Å². The Balaban J connectivity index is 1.98. The van der Waals surface area contributed by atoms with Gasteiger partial charge in [0, 0.05) is 30.8 Å². The molecule has 0 radical (unpaired) electrons. The van der Waals surface area contributed by atoms with Gasteiger partial charge >= 0.3 is 5.69 Å². The molecule has 0 spiro atoms. The molecule has 2 heterocycles. The normalized spacial score (nSPS) is 12.0. The fourth-order valence-electron chi connectivity index (χ4n) is 2.56. The number of imidazole rings is 1. The smallest absolute Gasteiger partial charge is 0.299 e. The van der Waals surface area contributed by atoms with Crippen molar-refractivity contribution in [3.63, 3.8) is 0 Å². The molecular weight excluding hydrogens is 402 g/mol. The Bertz CT molecular complexity index is 1250. The largest absolute Gasteiger partial charge is 0.329 e. The summed E-state index contributed by atoms with van der Waals surface area (Å²) >= 11 is 5.90. The first-order valence-electron chi connectivity index (χ1n) is 8.33. The van der Waals surface area contributed by atoms with Crippen molar-refractivity contribution in [2.24, 2.45) is 12.1 Å². The van der Waals surface area contributed by atoms with Crippen molar-refractivity contribution >= 4 is 40.6 Å². The molecule has 0 fully saturated rings. The lowest BCUT2D eigenvalue weighted by Crippen LogP contribution is -2.29. The number of aromatic amines is 1. The van der Waals surface area contributed by atoms with E-state index in [0.717, 1.165) is 0 Å². The van der Waals surface area contributed by atoms with Crippen molar-refractivity contribution < 1.29 is 4.92 Å². The van der Waals surface area contributed by atoms with Crippen molar-refractivity contribution in [1.29, 1.82) is 0 Å². The molecule has 3 aromatic rings. The molecular formula is C17H16ClN7O4. The summed E-state index contributed by atoms with van der Waals surface area (Å²) in [5.41, 5.74) is 2.53. The number of hydrogen-bond acceptors (Lipinski definition) is 7. The van der Waals surface area contributed by atoms with Gasteiger partial charge in [0.25, 0.3) is 11.2 Å². The zero-order valence-electron chi connectivity index (χ0n) is 15.4. The zero-order chi connectivity index (χ0) is 21.1. The molecule has 11 nitrogen and oxygen atoms in total. The molecule has 0 unspecified atom stereocenters. The molecule has 0 aliphatic carbocycles. The number of rotatable bonds is 6. The summed E-state index contributed by atoms with van der Waals surface area (Å²) in [5.74, 6) is 0.221. The Morgan fingerprint density at radius 1 is 1.38 bits per heavy atom. The Kier molecular flexibility index (Phi) is 5.59. The number of nitro benzene ring substituents is 1. The van der Waals surface area contributed by atoms with Crippen LogP contribution in [0.1, 0.15) is 12.5 Å². The van der Waals surface area contributed by atoms with Crippen LogP contribution in [0.2, 0.25) is 0 Å². The molecule has 3 rings (SSSR count). The molecule has 150 valence electrons. The third-order valence-electron chi connectivity index (χ3n) is 4.04. The number of aromatic nitrogens is 4. The quantitative estimate of drug-likeness (QED) is 0.356. The van der Waals surface area contributed by atoms with E-state index in [1.54, 1.807) is 25.1 Å². The molecule has 0 saturated heterocycles. The van der Waals surface area contributed by atoms with Gasteiger partial charge in [-0.1, -0.05) is 17.7 Å². The maximum atomic E-state index is 12.3. The van der Waals surface area contributed by atoms with Crippen LogP contribution in [-0.2, 0) is 13.6 Å². The first-order chi connectivity index (χ1) is 13.8. The summed E-state index contributed by atoms with van der Waals surface area (Å²) in [6.45, 7) is 1.92. The van der Waals surface area contributed by atoms with Crippen LogP contribution in [-0.4, -0.2) is 30.2 Å². The van der Waals surface area contributed by atoms with Crippen LogP contribution in [0.3, 0.4) is 0 Å². The van der Waals surface area contributed by atoms with Gasteiger partial charge in [-0.2, -0.15) is 10.1 Å². The molecule has 29 heavy (non-hydrogen) atoms. The minimum Gasteiger partial charge on any atom is -0.299 e. The summed E-state index contributed by atoms with van der Waals surface area (Å²) < 4.78 is 2.75. The van der Waals surface area contributed by atoms with Crippen LogP contribution >= 0.6 is 11.6 Å². The van der Waals surface area contributed by atoms with Crippen LogP contribution in [0.5, 0.6) is 0 Å². The number of hydrazone groups is 1. The number of non-ortho nitro benzene ring substituents is 1. The van der Waals surface area contributed by atoms with Gasteiger partial charge in [0.2, 0.25) is 5.95 Å². The third kappa shape index (κ3) is 4.24. The van der Waals surface area contributed by atoms with E-state index in [9.17, 15) is 19.7 Å². The highest BCUT2D eigenvalue weighted by Gasteiger charge is 2.16. The number of halogens is 1. The van der Waals surface area contributed by atoms with Crippen molar-refractivity contribution in [3.05, 3.63) is 71.9 Å². The molecule has 0 atom stereocenters. The lowest BCUT2D eigenvalue weighted by Gasteiger charge is -2.05. The lowest BCUT2D eigenvalue weighted by molar-refractivity contribution is -0.384. The number of allylic oxidation sites excluding steroid dienone is 2. The summed E-state index contributed by atoms with van der Waals surface area (Å²) in [5, 5.41) is 15.3. The highest BCUT2D eigenvalue weighted by atomic mass is 35.5. The van der Waals surface area contributed by atoms with Crippen molar-refractivity contribution in [3.8, 4) is 0 Å². The van der Waals surface area contributed by atoms with Crippen molar-refractivity contribution in [2.45, 2.75) is 13.5 Å². The first-order valence-corrected chi connectivity index (χ1v) is 8.71. The molecule has 2 N–H and O–H groups in total. The van der Waals surface area contributed by atoms with Gasteiger partial charge in [0.05, 0.1) is 11.1 Å². The predicted molar refractivity (Wildman–Crippen MR) is 110 cm³/mol. The average Bonchev–Trinajstić information content (AvgIpc) is 3.04. The topological polar surface area (TPSA) is 140 Å². The Hall–Kier alpha value is -3.73. The summed E-state index contributed by atoms with van der Waals surface area (Å²) in [6.07, 6.45) is 3.12. The molecule has 2 aromatic heterocycles. The van der Waals surface area contributed by atoms with Crippen molar-refractivity contribution in [1.82, 2.24) is 19.1 Å². The first kappa shape index (κ1) is 20.0. The highest BCUT2D eigenvalue weighted by Crippen LogP contribution is 2.16. The highest BCUT2D eigenvalue weighted by molar-refractivity contribution is 6.29. The fourth-order valence-corrected chi connectivity index (χ4v) is 2.63. The molecule has 12 heteroatoms. The molecule has 0 saturated carbocycles. The molecule has 1 aromatic carbocycles. The van der Waals surface area contributed by atoms with E-state index < -0.39 is 16.2 Å². The van der Waals surface area contributed by atoms with Gasteiger partial charge in [-0.3, -0.25) is 29.0 Å². The monoisotopic (exact) mass is 417 g/mol. The summed E-state index contributed by atoms with van der Waals surface area (Å²) in [6, 6.07) is 5.81. The zero-order valence-corrected chi connectivity index (χ0v) is 16.2. The SMILES string of the molecule is C/C(Cl)=C\Cn1c(N/N=C\c2ccc([N+](=O)[O-])cc2)nc2c1c(=O)[nH]c(=O)n2C. The van der Waals surface area contributed by atoms with Crippen molar-refractivity contribution in [2.75, 3.05) is 5.43 Å². The number of hydrogen-bond donors (Lipinski definition) is 2. The minimum absolute atomic E-state index is 0.0275. The number of aryl methyl sites for hydroxylation is 1. The second-order valence-electron chi connectivity index (χ2n) is 6.05. The van der Waals surface area contributed by atoms with E-state index >= 15 is 0 Å². The van der Waals surface area contributed by atoms with Crippen LogP contribution in [0.15, 0.2) is 50.1 Å². The summed E-state index contributed by atoms with van der Waals surface area (Å²) in [7, 11) is 1.49. The number of benzene rings is 1. The van der Waals surface area contributed by atoms with E-state index in [0.29, 0.717) is 10.6 Å². The second-order valence-corrected chi connectivity index (χ2v) is 6.64. The molecule has 0 aliphatic heterocycles. The number of fused-ring (bicyclic) bond motifs is 1. The van der Waals surface area contributed by atoms with E-state index in [2.05, 4.69) is 20.5 Å². The fraction of sp³-hybridized carbons (Fsp3) is 0.176. The number of H-pyrrole nitrogens is 1. The second kappa shape index (κ2) is 8.10. The number of nitro groups is 1. The standard InChI is InChI=1S/C17H16ClN7O4/c1-10(18)7-8-24-13-14(23(2)17(27)21-15(13)26)20-16(24)22-19-9-11-3-5-12(6-4-11)25(28)29/h3-7,9H,8H2,1-2H3,(H,20,22)(H,21,26,27)/b10-7+,19-9-. The van der Waals surface area contributed by atoms with Gasteiger partial charge in [-0.05, 0) is 24.6 Å². The number of anilines is 1. The van der Waals surface area contributed by atoms with Gasteiger partial charge in [0.1, 0.15) is 0 Å². The molecule has 0 amide bonds. The van der Waals surface area contributed by atoms with Gasteiger partial charge in [-0.15, -0.1) is 0 Å². The van der Waals surface area contributed by atoms with E-state index in [4.69, 9.17) is 11.6 Å². The Morgan fingerprint density at radius 2 is 2.07 bits per heavy atom. The number of nitrogens with zero attached hydrogens (tertiary/aromatic N) is 5. The van der Waals surface area contributed by atoms with Crippen LogP contribution < -0.4 is 16.7 Å². The van der Waals surface area contributed by atoms with Crippen LogP contribution in [0.25, 0.3) is 11.2 Å². The van der Waals surface area contributed by atoms with E-state index in [1.165, 1.54) is 34.5 Å². The van der Waals surface area contributed by atoms with Crippen LogP contribution in [0, 0.1) is 10.1 Å². The van der Waals surface area contributed by atoms with Gasteiger partial charge in [-0.25, -0.2) is 10.2 Å². The number of nitrogens with one attached hydrogen (secondary N) is 2. The maximum absolute atomic E-state index is 12.3. The Labute approximate surface area is 168 Å². The predicted octanol–water partition coefficient (Wildman–Crippen LogP) is 1.92. The van der Waals surface area contributed by atoms with E-state index in [1.807, 2.05) is 0 Å². The van der Waals surface area contributed by atoms with Gasteiger partial charge < -0.3 is 0 Å².